The molecule has 5 rings (SSSR count). The molecule has 7 heteroatoms. The first kappa shape index (κ1) is 19.0. The van der Waals surface area contributed by atoms with Gasteiger partial charge in [0.05, 0.1) is 12.0 Å². The molecule has 31 heavy (non-hydrogen) atoms. The summed E-state index contributed by atoms with van der Waals surface area (Å²) < 4.78 is 17.7. The SMILES string of the molecule is CCn1c(=O)c2c(ncn2Cc2ccc(F)cc2)n(-c2cccc3ccccc23)c1=O. The summed E-state index contributed by atoms with van der Waals surface area (Å²) in [6.07, 6.45) is 1.55. The van der Waals surface area contributed by atoms with Crippen molar-refractivity contribution < 1.29 is 4.39 Å². The van der Waals surface area contributed by atoms with Gasteiger partial charge in [-0.05, 0) is 36.1 Å². The van der Waals surface area contributed by atoms with Crippen LogP contribution in [-0.4, -0.2) is 18.7 Å². The summed E-state index contributed by atoms with van der Waals surface area (Å²) in [6, 6.07) is 19.6. The van der Waals surface area contributed by atoms with Gasteiger partial charge in [0.2, 0.25) is 0 Å². The highest BCUT2D eigenvalue weighted by Gasteiger charge is 2.19. The zero-order valence-corrected chi connectivity index (χ0v) is 16.8. The van der Waals surface area contributed by atoms with Crippen molar-refractivity contribution in [3.8, 4) is 5.69 Å². The third-order valence-corrected chi connectivity index (χ3v) is 5.49. The lowest BCUT2D eigenvalue weighted by Crippen LogP contribution is -2.39. The predicted octanol–water partition coefficient (Wildman–Crippen LogP) is 3.71. The molecule has 2 aromatic heterocycles. The largest absolute Gasteiger partial charge is 0.337 e. The Labute approximate surface area is 176 Å². The zero-order valence-electron chi connectivity index (χ0n) is 16.8. The van der Waals surface area contributed by atoms with E-state index in [4.69, 9.17) is 0 Å². The van der Waals surface area contributed by atoms with Crippen LogP contribution >= 0.6 is 0 Å². The van der Waals surface area contributed by atoms with Crippen molar-refractivity contribution in [2.45, 2.75) is 20.0 Å². The van der Waals surface area contributed by atoms with Crippen LogP contribution in [0.5, 0.6) is 0 Å². The summed E-state index contributed by atoms with van der Waals surface area (Å²) in [4.78, 5) is 31.0. The molecule has 0 bridgehead atoms. The summed E-state index contributed by atoms with van der Waals surface area (Å²) in [5.74, 6) is -0.322. The Morgan fingerprint density at radius 2 is 1.68 bits per heavy atom. The Hall–Kier alpha value is -4.00. The molecule has 0 fully saturated rings. The molecule has 6 nitrogen and oxygen atoms in total. The fraction of sp³-hybridized carbons (Fsp3) is 0.125. The van der Waals surface area contributed by atoms with Crippen LogP contribution in [0.25, 0.3) is 27.6 Å². The van der Waals surface area contributed by atoms with Crippen molar-refractivity contribution in [2.24, 2.45) is 0 Å². The minimum absolute atomic E-state index is 0.236. The van der Waals surface area contributed by atoms with Gasteiger partial charge >= 0.3 is 5.69 Å². The van der Waals surface area contributed by atoms with Crippen LogP contribution in [0.4, 0.5) is 4.39 Å². The Morgan fingerprint density at radius 3 is 2.45 bits per heavy atom. The van der Waals surface area contributed by atoms with Crippen LogP contribution in [0.1, 0.15) is 12.5 Å². The van der Waals surface area contributed by atoms with Gasteiger partial charge in [0.1, 0.15) is 5.82 Å². The summed E-state index contributed by atoms with van der Waals surface area (Å²) in [5, 5.41) is 1.88. The Morgan fingerprint density at radius 1 is 0.935 bits per heavy atom. The van der Waals surface area contributed by atoms with Gasteiger partial charge in [-0.2, -0.15) is 0 Å². The summed E-state index contributed by atoms with van der Waals surface area (Å²) in [6.45, 7) is 2.34. The van der Waals surface area contributed by atoms with E-state index in [0.29, 0.717) is 23.4 Å². The van der Waals surface area contributed by atoms with Gasteiger partial charge in [-0.25, -0.2) is 18.7 Å². The molecule has 0 saturated heterocycles. The van der Waals surface area contributed by atoms with Crippen molar-refractivity contribution >= 4 is 21.9 Å². The van der Waals surface area contributed by atoms with Crippen LogP contribution in [0.15, 0.2) is 82.6 Å². The van der Waals surface area contributed by atoms with Crippen LogP contribution in [0.3, 0.4) is 0 Å². The number of fused-ring (bicyclic) bond motifs is 2. The fourth-order valence-corrected chi connectivity index (χ4v) is 3.99. The third-order valence-electron chi connectivity index (χ3n) is 5.49. The van der Waals surface area contributed by atoms with Crippen LogP contribution in [0.2, 0.25) is 0 Å². The van der Waals surface area contributed by atoms with Gasteiger partial charge in [0, 0.05) is 18.5 Å². The van der Waals surface area contributed by atoms with Gasteiger partial charge in [-0.3, -0.25) is 9.36 Å². The molecule has 0 spiro atoms. The zero-order chi connectivity index (χ0) is 21.5. The molecule has 0 radical (unpaired) electrons. The predicted molar refractivity (Wildman–Crippen MR) is 118 cm³/mol. The molecule has 3 aromatic carbocycles. The number of benzene rings is 3. The monoisotopic (exact) mass is 414 g/mol. The van der Waals surface area contributed by atoms with E-state index in [2.05, 4.69) is 4.98 Å². The van der Waals surface area contributed by atoms with Crippen LogP contribution in [-0.2, 0) is 13.1 Å². The van der Waals surface area contributed by atoms with Crippen molar-refractivity contribution in [3.05, 3.63) is 105 Å². The summed E-state index contributed by atoms with van der Waals surface area (Å²) in [5.41, 5.74) is 1.31. The lowest BCUT2D eigenvalue weighted by Gasteiger charge is -2.13. The number of hydrogen-bond donors (Lipinski definition) is 0. The number of aromatic nitrogens is 4. The van der Waals surface area contributed by atoms with E-state index in [1.54, 1.807) is 30.0 Å². The number of hydrogen-bond acceptors (Lipinski definition) is 3. The molecule has 0 N–H and O–H groups in total. The second kappa shape index (κ2) is 7.36. The van der Waals surface area contributed by atoms with Crippen molar-refractivity contribution in [1.29, 1.82) is 0 Å². The van der Waals surface area contributed by atoms with Crippen molar-refractivity contribution in [3.63, 3.8) is 0 Å². The average molecular weight is 414 g/mol. The number of halogens is 1. The minimum Gasteiger partial charge on any atom is -0.320 e. The van der Waals surface area contributed by atoms with Crippen LogP contribution < -0.4 is 11.2 Å². The van der Waals surface area contributed by atoms with Crippen LogP contribution in [0, 0.1) is 5.82 Å². The van der Waals surface area contributed by atoms with E-state index in [-0.39, 0.29) is 12.4 Å². The molecule has 5 aromatic rings. The van der Waals surface area contributed by atoms with E-state index in [1.807, 2.05) is 42.5 Å². The Kier molecular flexibility index (Phi) is 4.51. The maximum Gasteiger partial charge on any atom is 0.337 e. The quantitative estimate of drug-likeness (QED) is 0.450. The normalized spacial score (nSPS) is 11.4. The topological polar surface area (TPSA) is 61.8 Å². The molecule has 2 heterocycles. The molecule has 0 aliphatic heterocycles. The minimum atomic E-state index is -0.427. The highest BCUT2D eigenvalue weighted by atomic mass is 19.1. The van der Waals surface area contributed by atoms with Gasteiger partial charge in [0.15, 0.2) is 11.2 Å². The summed E-state index contributed by atoms with van der Waals surface area (Å²) in [7, 11) is 0. The fourth-order valence-electron chi connectivity index (χ4n) is 3.99. The Bertz CT molecular complexity index is 1540. The second-order valence-electron chi connectivity index (χ2n) is 7.34. The smallest absolute Gasteiger partial charge is 0.320 e. The first-order valence-electron chi connectivity index (χ1n) is 10.0. The maximum atomic E-state index is 13.3. The van der Waals surface area contributed by atoms with E-state index in [9.17, 15) is 14.0 Å². The summed E-state index contributed by atoms with van der Waals surface area (Å²) >= 11 is 0. The lowest BCUT2D eigenvalue weighted by molar-refractivity contribution is 0.626. The molecule has 154 valence electrons. The van der Waals surface area contributed by atoms with E-state index in [0.717, 1.165) is 16.3 Å². The molecule has 0 amide bonds. The number of rotatable bonds is 4. The highest BCUT2D eigenvalue weighted by molar-refractivity contribution is 5.91. The van der Waals surface area contributed by atoms with Crippen molar-refractivity contribution in [2.75, 3.05) is 0 Å². The van der Waals surface area contributed by atoms with E-state index >= 15 is 0 Å². The highest BCUT2D eigenvalue weighted by Crippen LogP contribution is 2.23. The van der Waals surface area contributed by atoms with Gasteiger partial charge < -0.3 is 4.57 Å². The Balaban J connectivity index is 1.82. The first-order valence-corrected chi connectivity index (χ1v) is 10.0. The molecular formula is C24H19FN4O2. The molecule has 0 saturated carbocycles. The standard InChI is InChI=1S/C24H19FN4O2/c1-2-28-23(30)21-22(26-15-27(21)14-16-10-12-18(25)13-11-16)29(24(28)31)20-9-5-7-17-6-3-4-8-19(17)20/h3-13,15H,2,14H2,1H3. The molecule has 0 aliphatic carbocycles. The number of imidazole rings is 1. The van der Waals surface area contributed by atoms with Gasteiger partial charge in [-0.15, -0.1) is 0 Å². The molecule has 0 unspecified atom stereocenters. The maximum absolute atomic E-state index is 13.3. The average Bonchev–Trinajstić information content (AvgIpc) is 3.19. The van der Waals surface area contributed by atoms with E-state index < -0.39 is 11.2 Å². The van der Waals surface area contributed by atoms with E-state index in [1.165, 1.54) is 21.3 Å². The van der Waals surface area contributed by atoms with Gasteiger partial charge in [-0.1, -0.05) is 48.5 Å². The second-order valence-corrected chi connectivity index (χ2v) is 7.34. The van der Waals surface area contributed by atoms with Crippen molar-refractivity contribution in [1.82, 2.24) is 18.7 Å². The molecule has 0 atom stereocenters. The first-order chi connectivity index (χ1) is 15.1. The lowest BCUT2D eigenvalue weighted by atomic mass is 10.1. The number of nitrogens with zero attached hydrogens (tertiary/aromatic N) is 4. The third kappa shape index (κ3) is 3.06. The molecule has 0 aliphatic rings. The van der Waals surface area contributed by atoms with Gasteiger partial charge in [0.25, 0.3) is 5.56 Å². The molecular weight excluding hydrogens is 395 g/mol.